The summed E-state index contributed by atoms with van der Waals surface area (Å²) in [6, 6.07) is 7.87. The Morgan fingerprint density at radius 3 is 2.33 bits per heavy atom. The van der Waals surface area contributed by atoms with Crippen molar-refractivity contribution in [2.24, 2.45) is 0 Å². The smallest absolute Gasteiger partial charge is 0.312 e. The molecular weight excluding hydrogens is 348 g/mol. The largest absolute Gasteiger partial charge is 0.497 e. The zero-order valence-corrected chi connectivity index (χ0v) is 15.9. The quantitative estimate of drug-likeness (QED) is 0.717. The molecule has 8 heteroatoms. The van der Waals surface area contributed by atoms with E-state index in [0.717, 1.165) is 44.3 Å². The van der Waals surface area contributed by atoms with E-state index in [9.17, 15) is 9.59 Å². The van der Waals surface area contributed by atoms with Crippen LogP contribution in [0.3, 0.4) is 0 Å². The Morgan fingerprint density at radius 2 is 1.70 bits per heavy atom. The molecular formula is C19H28N4O4. The van der Waals surface area contributed by atoms with E-state index >= 15 is 0 Å². The van der Waals surface area contributed by atoms with E-state index in [0.29, 0.717) is 32.7 Å². The number of morpholine rings is 1. The number of nitrogens with zero attached hydrogens (tertiary/aromatic N) is 3. The monoisotopic (exact) mass is 376 g/mol. The Balaban J connectivity index is 1.39. The Bertz CT molecular complexity index is 623. The van der Waals surface area contributed by atoms with Gasteiger partial charge in [0.15, 0.2) is 0 Å². The van der Waals surface area contributed by atoms with Gasteiger partial charge >= 0.3 is 11.8 Å². The Morgan fingerprint density at radius 1 is 1.04 bits per heavy atom. The minimum atomic E-state index is -0.513. The van der Waals surface area contributed by atoms with Crippen molar-refractivity contribution in [3.8, 4) is 5.75 Å². The molecule has 2 amide bonds. The van der Waals surface area contributed by atoms with Gasteiger partial charge in [0.05, 0.1) is 20.3 Å². The normalized spacial score (nSPS) is 18.3. The summed E-state index contributed by atoms with van der Waals surface area (Å²) in [4.78, 5) is 30.5. The number of hydrogen-bond acceptors (Lipinski definition) is 6. The average Bonchev–Trinajstić information content (AvgIpc) is 2.74. The third kappa shape index (κ3) is 5.33. The standard InChI is InChI=1S/C19H28N4O4/c1-26-17-4-2-16(3-5-17)22-8-10-23(11-9-22)19(25)18(24)20-6-7-21-12-14-27-15-13-21/h2-5H,6-15H2,1H3,(H,20,24). The zero-order valence-electron chi connectivity index (χ0n) is 15.9. The van der Waals surface area contributed by atoms with Crippen molar-refractivity contribution in [2.45, 2.75) is 0 Å². The van der Waals surface area contributed by atoms with E-state index in [1.54, 1.807) is 12.0 Å². The van der Waals surface area contributed by atoms with Crippen LogP contribution in [-0.4, -0.2) is 94.3 Å². The minimum absolute atomic E-state index is 0.439. The van der Waals surface area contributed by atoms with E-state index in [1.807, 2.05) is 24.3 Å². The van der Waals surface area contributed by atoms with Gasteiger partial charge < -0.3 is 24.6 Å². The third-order valence-corrected chi connectivity index (χ3v) is 5.02. The first-order chi connectivity index (χ1) is 13.2. The van der Waals surface area contributed by atoms with Gasteiger partial charge in [-0.25, -0.2) is 0 Å². The fourth-order valence-electron chi connectivity index (χ4n) is 3.33. The van der Waals surface area contributed by atoms with Gasteiger partial charge in [0.25, 0.3) is 0 Å². The summed E-state index contributed by atoms with van der Waals surface area (Å²) in [7, 11) is 1.64. The van der Waals surface area contributed by atoms with Gasteiger partial charge in [-0.1, -0.05) is 0 Å². The Kier molecular flexibility index (Phi) is 6.89. The van der Waals surface area contributed by atoms with Gasteiger partial charge in [0.2, 0.25) is 0 Å². The fourth-order valence-corrected chi connectivity index (χ4v) is 3.33. The second-order valence-electron chi connectivity index (χ2n) is 6.69. The maximum Gasteiger partial charge on any atom is 0.312 e. The predicted molar refractivity (Wildman–Crippen MR) is 102 cm³/mol. The van der Waals surface area contributed by atoms with Gasteiger partial charge in [-0.05, 0) is 24.3 Å². The molecule has 1 aromatic rings. The lowest BCUT2D eigenvalue weighted by molar-refractivity contribution is -0.146. The van der Waals surface area contributed by atoms with Crippen LogP contribution in [-0.2, 0) is 14.3 Å². The lowest BCUT2D eigenvalue weighted by Gasteiger charge is -2.35. The molecule has 2 saturated heterocycles. The van der Waals surface area contributed by atoms with Crippen LogP contribution in [0.2, 0.25) is 0 Å². The van der Waals surface area contributed by atoms with Gasteiger partial charge in [-0.15, -0.1) is 0 Å². The van der Waals surface area contributed by atoms with E-state index in [2.05, 4.69) is 15.1 Å². The fraction of sp³-hybridized carbons (Fsp3) is 0.579. The van der Waals surface area contributed by atoms with Crippen molar-refractivity contribution >= 4 is 17.5 Å². The Hall–Kier alpha value is -2.32. The number of methoxy groups -OCH3 is 1. The molecule has 0 radical (unpaired) electrons. The summed E-state index contributed by atoms with van der Waals surface area (Å²) in [5.74, 6) is -0.131. The summed E-state index contributed by atoms with van der Waals surface area (Å²) < 4.78 is 10.5. The summed E-state index contributed by atoms with van der Waals surface area (Å²) in [5.41, 5.74) is 1.10. The highest BCUT2D eigenvalue weighted by molar-refractivity contribution is 6.35. The second kappa shape index (κ2) is 9.57. The number of amides is 2. The van der Waals surface area contributed by atoms with Crippen molar-refractivity contribution in [3.63, 3.8) is 0 Å². The number of carbonyl (C=O) groups excluding carboxylic acids is 2. The zero-order chi connectivity index (χ0) is 19.1. The van der Waals surface area contributed by atoms with Crippen LogP contribution in [0.15, 0.2) is 24.3 Å². The van der Waals surface area contributed by atoms with Crippen LogP contribution in [0.25, 0.3) is 0 Å². The van der Waals surface area contributed by atoms with Crippen molar-refractivity contribution in [3.05, 3.63) is 24.3 Å². The van der Waals surface area contributed by atoms with E-state index in [4.69, 9.17) is 9.47 Å². The van der Waals surface area contributed by atoms with Crippen LogP contribution in [0.4, 0.5) is 5.69 Å². The lowest BCUT2D eigenvalue weighted by Crippen LogP contribution is -2.53. The number of carbonyl (C=O) groups is 2. The molecule has 0 aromatic heterocycles. The highest BCUT2D eigenvalue weighted by Gasteiger charge is 2.26. The minimum Gasteiger partial charge on any atom is -0.497 e. The maximum atomic E-state index is 12.4. The summed E-state index contributed by atoms with van der Waals surface area (Å²) >= 11 is 0. The summed E-state index contributed by atoms with van der Waals surface area (Å²) in [6.45, 7) is 6.93. The number of anilines is 1. The first kappa shape index (κ1) is 19.4. The number of piperazine rings is 1. The highest BCUT2D eigenvalue weighted by atomic mass is 16.5. The van der Waals surface area contributed by atoms with Gasteiger partial charge in [0.1, 0.15) is 5.75 Å². The van der Waals surface area contributed by atoms with Crippen molar-refractivity contribution < 1.29 is 19.1 Å². The van der Waals surface area contributed by atoms with Crippen LogP contribution >= 0.6 is 0 Å². The molecule has 2 heterocycles. The molecule has 0 unspecified atom stereocenters. The van der Waals surface area contributed by atoms with Crippen LogP contribution in [0.1, 0.15) is 0 Å². The number of rotatable bonds is 5. The number of benzene rings is 1. The van der Waals surface area contributed by atoms with Crippen LogP contribution in [0, 0.1) is 0 Å². The summed E-state index contributed by atoms with van der Waals surface area (Å²) in [5, 5.41) is 2.74. The SMILES string of the molecule is COc1ccc(N2CCN(C(=O)C(=O)NCCN3CCOCC3)CC2)cc1. The molecule has 0 spiro atoms. The van der Waals surface area contributed by atoms with Gasteiger partial charge in [-0.3, -0.25) is 14.5 Å². The molecule has 148 valence electrons. The molecule has 0 aliphatic carbocycles. The number of nitrogens with one attached hydrogen (secondary N) is 1. The predicted octanol–water partition coefficient (Wildman–Crippen LogP) is -0.208. The van der Waals surface area contributed by atoms with Gasteiger partial charge in [0, 0.05) is 58.0 Å². The molecule has 3 rings (SSSR count). The van der Waals surface area contributed by atoms with Crippen molar-refractivity contribution in [2.75, 3.05) is 77.6 Å². The van der Waals surface area contributed by atoms with E-state index in [1.165, 1.54) is 0 Å². The summed E-state index contributed by atoms with van der Waals surface area (Å²) in [6.07, 6.45) is 0. The van der Waals surface area contributed by atoms with Crippen LogP contribution in [0.5, 0.6) is 5.75 Å². The molecule has 2 aliphatic rings. The molecule has 0 atom stereocenters. The second-order valence-corrected chi connectivity index (χ2v) is 6.69. The number of hydrogen-bond donors (Lipinski definition) is 1. The molecule has 8 nitrogen and oxygen atoms in total. The van der Waals surface area contributed by atoms with E-state index in [-0.39, 0.29) is 0 Å². The Labute approximate surface area is 160 Å². The van der Waals surface area contributed by atoms with Gasteiger partial charge in [-0.2, -0.15) is 0 Å². The molecule has 0 saturated carbocycles. The average molecular weight is 376 g/mol. The number of ether oxygens (including phenoxy) is 2. The molecule has 2 fully saturated rings. The molecule has 27 heavy (non-hydrogen) atoms. The van der Waals surface area contributed by atoms with Crippen molar-refractivity contribution in [1.82, 2.24) is 15.1 Å². The molecule has 2 aliphatic heterocycles. The first-order valence-electron chi connectivity index (χ1n) is 9.43. The molecule has 1 N–H and O–H groups in total. The van der Waals surface area contributed by atoms with Crippen LogP contribution < -0.4 is 15.0 Å². The molecule has 0 bridgehead atoms. The topological polar surface area (TPSA) is 74.4 Å². The highest BCUT2D eigenvalue weighted by Crippen LogP contribution is 2.20. The third-order valence-electron chi connectivity index (χ3n) is 5.02. The molecule has 1 aromatic carbocycles. The maximum absolute atomic E-state index is 12.4. The lowest BCUT2D eigenvalue weighted by atomic mass is 10.2. The van der Waals surface area contributed by atoms with E-state index < -0.39 is 11.8 Å². The first-order valence-corrected chi connectivity index (χ1v) is 9.43. The van der Waals surface area contributed by atoms with Crippen molar-refractivity contribution in [1.29, 1.82) is 0 Å².